The van der Waals surface area contributed by atoms with Crippen LogP contribution >= 0.6 is 0 Å². The predicted molar refractivity (Wildman–Crippen MR) is 65.3 cm³/mol. The van der Waals surface area contributed by atoms with Crippen LogP contribution in [0.25, 0.3) is 0 Å². The molecule has 0 aliphatic heterocycles. The number of nitrogens with two attached hydrogens (primary N) is 1. The summed E-state index contributed by atoms with van der Waals surface area (Å²) < 4.78 is 5.84. The van der Waals surface area contributed by atoms with Crippen LogP contribution in [0.4, 0.5) is 5.82 Å². The summed E-state index contributed by atoms with van der Waals surface area (Å²) in [6.07, 6.45) is 4.98. The molecule has 1 aliphatic rings. The maximum absolute atomic E-state index is 5.84. The van der Waals surface area contributed by atoms with Crippen molar-refractivity contribution < 1.29 is 4.74 Å². The summed E-state index contributed by atoms with van der Waals surface area (Å²) in [6.45, 7) is 4.64. The smallest absolute Gasteiger partial charge is 0.215 e. The fourth-order valence-electron chi connectivity index (χ4n) is 2.16. The van der Waals surface area contributed by atoms with Crippen LogP contribution in [-0.2, 0) is 0 Å². The van der Waals surface area contributed by atoms with Crippen molar-refractivity contribution in [1.29, 1.82) is 0 Å². The second kappa shape index (κ2) is 4.32. The highest BCUT2D eigenvalue weighted by Crippen LogP contribution is 2.36. The van der Waals surface area contributed by atoms with Gasteiger partial charge >= 0.3 is 0 Å². The van der Waals surface area contributed by atoms with Crippen LogP contribution in [-0.4, -0.2) is 11.1 Å². The topological polar surface area (TPSA) is 48.1 Å². The average Bonchev–Trinajstić information content (AvgIpc) is 2.21. The van der Waals surface area contributed by atoms with E-state index in [0.29, 0.717) is 23.2 Å². The zero-order valence-electron chi connectivity index (χ0n) is 10.1. The number of rotatable bonds is 2. The molecule has 1 heterocycles. The van der Waals surface area contributed by atoms with Crippen molar-refractivity contribution in [1.82, 2.24) is 4.98 Å². The average molecular weight is 220 g/mol. The maximum atomic E-state index is 5.84. The number of ether oxygens (including phenoxy) is 1. The third-order valence-electron chi connectivity index (χ3n) is 3.32. The highest BCUT2D eigenvalue weighted by Gasteiger charge is 2.27. The van der Waals surface area contributed by atoms with Crippen LogP contribution < -0.4 is 10.5 Å². The van der Waals surface area contributed by atoms with Gasteiger partial charge in [0.25, 0.3) is 0 Å². The van der Waals surface area contributed by atoms with Gasteiger partial charge in [0.15, 0.2) is 0 Å². The van der Waals surface area contributed by atoms with Gasteiger partial charge in [-0.3, -0.25) is 0 Å². The number of nitrogen functional groups attached to an aromatic ring is 1. The van der Waals surface area contributed by atoms with Gasteiger partial charge < -0.3 is 10.5 Å². The quantitative estimate of drug-likeness (QED) is 0.833. The molecule has 2 N–H and O–H groups in total. The van der Waals surface area contributed by atoms with E-state index in [-0.39, 0.29) is 0 Å². The maximum Gasteiger partial charge on any atom is 0.215 e. The monoisotopic (exact) mass is 220 g/mol. The Bertz CT molecular complexity index is 353. The van der Waals surface area contributed by atoms with E-state index in [1.54, 1.807) is 6.07 Å². The van der Waals surface area contributed by atoms with E-state index in [9.17, 15) is 0 Å². The van der Waals surface area contributed by atoms with Gasteiger partial charge in [-0.2, -0.15) is 4.98 Å². The molecule has 1 aliphatic carbocycles. The van der Waals surface area contributed by atoms with E-state index in [1.165, 1.54) is 12.8 Å². The van der Waals surface area contributed by atoms with Crippen LogP contribution in [0, 0.1) is 5.41 Å². The molecule has 1 fully saturated rings. The zero-order valence-corrected chi connectivity index (χ0v) is 10.1. The lowest BCUT2D eigenvalue weighted by Gasteiger charge is -2.34. The van der Waals surface area contributed by atoms with Crippen molar-refractivity contribution in [3.05, 3.63) is 18.2 Å². The third kappa shape index (κ3) is 2.87. The minimum atomic E-state index is 0.308. The molecule has 3 nitrogen and oxygen atoms in total. The summed E-state index contributed by atoms with van der Waals surface area (Å²) in [5, 5.41) is 0. The molecule has 0 aromatic carbocycles. The molecule has 1 aromatic rings. The minimum absolute atomic E-state index is 0.308. The normalized spacial score (nSPS) is 20.6. The van der Waals surface area contributed by atoms with Crippen LogP contribution in [0.5, 0.6) is 5.88 Å². The van der Waals surface area contributed by atoms with Gasteiger partial charge in [-0.25, -0.2) is 0 Å². The Kier molecular flexibility index (Phi) is 3.03. The summed E-state index contributed by atoms with van der Waals surface area (Å²) in [5.74, 6) is 1.18. The first-order valence-corrected chi connectivity index (χ1v) is 5.94. The Labute approximate surface area is 97.0 Å². The first-order valence-electron chi connectivity index (χ1n) is 5.94. The number of hydrogen-bond acceptors (Lipinski definition) is 3. The number of aromatic nitrogens is 1. The Morgan fingerprint density at radius 1 is 1.31 bits per heavy atom. The van der Waals surface area contributed by atoms with Crippen LogP contribution in [0.15, 0.2) is 18.2 Å². The van der Waals surface area contributed by atoms with E-state index < -0.39 is 0 Å². The summed E-state index contributed by atoms with van der Waals surface area (Å²) in [5.41, 5.74) is 6.09. The molecule has 16 heavy (non-hydrogen) atoms. The third-order valence-corrected chi connectivity index (χ3v) is 3.32. The molecular formula is C13H20N2O. The summed E-state index contributed by atoms with van der Waals surface area (Å²) in [4.78, 5) is 4.16. The first kappa shape index (κ1) is 11.2. The Morgan fingerprint density at radius 3 is 2.62 bits per heavy atom. The lowest BCUT2D eigenvalue weighted by Crippen LogP contribution is -2.28. The molecule has 0 saturated heterocycles. The van der Waals surface area contributed by atoms with Crippen molar-refractivity contribution in [3.63, 3.8) is 0 Å². The minimum Gasteiger partial charge on any atom is -0.474 e. The molecule has 1 saturated carbocycles. The van der Waals surface area contributed by atoms with Gasteiger partial charge in [0.05, 0.1) is 0 Å². The molecule has 0 bridgehead atoms. The number of nitrogens with zero attached hydrogens (tertiary/aromatic N) is 1. The lowest BCUT2D eigenvalue weighted by atomic mass is 9.76. The highest BCUT2D eigenvalue weighted by molar-refractivity contribution is 5.31. The molecule has 1 aromatic heterocycles. The predicted octanol–water partition coefficient (Wildman–Crippen LogP) is 3.01. The van der Waals surface area contributed by atoms with E-state index in [2.05, 4.69) is 18.8 Å². The summed E-state index contributed by atoms with van der Waals surface area (Å²) in [6, 6.07) is 5.53. The van der Waals surface area contributed by atoms with Gasteiger partial charge in [0.2, 0.25) is 5.88 Å². The Hall–Kier alpha value is -1.25. The standard InChI is InChI=1S/C13H20N2O/c1-13(2)8-6-10(7-9-13)16-12-5-3-4-11(14)15-12/h3-5,10H,6-9H2,1-2H3,(H2,14,15). The number of hydrogen-bond donors (Lipinski definition) is 1. The first-order chi connectivity index (χ1) is 7.55. The summed E-state index contributed by atoms with van der Waals surface area (Å²) in [7, 11) is 0. The van der Waals surface area contributed by atoms with Gasteiger partial charge in [-0.1, -0.05) is 19.9 Å². The van der Waals surface area contributed by atoms with Crippen LogP contribution in [0.2, 0.25) is 0 Å². The van der Waals surface area contributed by atoms with Crippen molar-refractivity contribution in [2.75, 3.05) is 5.73 Å². The van der Waals surface area contributed by atoms with Crippen molar-refractivity contribution >= 4 is 5.82 Å². The lowest BCUT2D eigenvalue weighted by molar-refractivity contribution is 0.0950. The van der Waals surface area contributed by atoms with E-state index in [4.69, 9.17) is 10.5 Å². The SMILES string of the molecule is CC1(C)CCC(Oc2cccc(N)n2)CC1. The van der Waals surface area contributed by atoms with Crippen LogP contribution in [0.1, 0.15) is 39.5 Å². The molecule has 0 amide bonds. The van der Waals surface area contributed by atoms with Crippen molar-refractivity contribution in [2.45, 2.75) is 45.6 Å². The molecule has 0 spiro atoms. The highest BCUT2D eigenvalue weighted by atomic mass is 16.5. The van der Waals surface area contributed by atoms with Gasteiger partial charge in [0.1, 0.15) is 11.9 Å². The zero-order chi connectivity index (χ0) is 11.6. The van der Waals surface area contributed by atoms with Gasteiger partial charge in [0, 0.05) is 6.07 Å². The molecule has 0 atom stereocenters. The summed E-state index contributed by atoms with van der Waals surface area (Å²) >= 11 is 0. The fraction of sp³-hybridized carbons (Fsp3) is 0.615. The molecule has 0 unspecified atom stereocenters. The van der Waals surface area contributed by atoms with E-state index in [0.717, 1.165) is 12.8 Å². The molecular weight excluding hydrogens is 200 g/mol. The largest absolute Gasteiger partial charge is 0.474 e. The number of pyridine rings is 1. The second-order valence-corrected chi connectivity index (χ2v) is 5.38. The molecule has 0 radical (unpaired) electrons. The van der Waals surface area contributed by atoms with Crippen molar-refractivity contribution in [3.8, 4) is 5.88 Å². The Balaban J connectivity index is 1.92. The van der Waals surface area contributed by atoms with Gasteiger partial charge in [-0.15, -0.1) is 0 Å². The Morgan fingerprint density at radius 2 is 2.00 bits per heavy atom. The van der Waals surface area contributed by atoms with E-state index >= 15 is 0 Å². The molecule has 88 valence electrons. The number of anilines is 1. The molecule has 2 rings (SSSR count). The van der Waals surface area contributed by atoms with Gasteiger partial charge in [-0.05, 0) is 37.2 Å². The fourth-order valence-corrected chi connectivity index (χ4v) is 2.16. The van der Waals surface area contributed by atoms with E-state index in [1.807, 2.05) is 12.1 Å². The second-order valence-electron chi connectivity index (χ2n) is 5.38. The van der Waals surface area contributed by atoms with Crippen LogP contribution in [0.3, 0.4) is 0 Å². The van der Waals surface area contributed by atoms with Crippen molar-refractivity contribution in [2.24, 2.45) is 5.41 Å². The molecule has 3 heteroatoms.